The maximum Gasteiger partial charge on any atom is 0.141 e. The second-order valence-electron chi connectivity index (χ2n) is 4.46. The number of hydrogen-bond donors (Lipinski definition) is 2. The number of aromatic nitrogens is 1. The lowest BCUT2D eigenvalue weighted by Gasteiger charge is -2.10. The first kappa shape index (κ1) is 13.9. The van der Waals surface area contributed by atoms with Crippen LogP contribution in [-0.4, -0.2) is 31.7 Å². The molecule has 0 fully saturated rings. The summed E-state index contributed by atoms with van der Waals surface area (Å²) >= 11 is 0. The van der Waals surface area contributed by atoms with E-state index in [2.05, 4.69) is 29.5 Å². The zero-order chi connectivity index (χ0) is 12.5. The zero-order valence-electron chi connectivity index (χ0n) is 11.0. The van der Waals surface area contributed by atoms with Crippen molar-refractivity contribution in [1.82, 2.24) is 15.6 Å². The number of pyridine rings is 1. The van der Waals surface area contributed by atoms with E-state index in [0.717, 1.165) is 37.5 Å². The molecule has 0 saturated heterocycles. The van der Waals surface area contributed by atoms with Crippen molar-refractivity contribution in [2.45, 2.75) is 20.4 Å². The average molecular weight is 237 g/mol. The topological polar surface area (TPSA) is 46.2 Å². The zero-order valence-corrected chi connectivity index (χ0v) is 11.0. The Balaban J connectivity index is 2.17. The second-order valence-corrected chi connectivity index (χ2v) is 4.46. The number of rotatable bonds is 8. The first-order chi connectivity index (χ1) is 8.24. The van der Waals surface area contributed by atoms with Gasteiger partial charge in [0.1, 0.15) is 5.75 Å². The summed E-state index contributed by atoms with van der Waals surface area (Å²) in [4.78, 5) is 4.03. The Hall–Kier alpha value is -1.13. The summed E-state index contributed by atoms with van der Waals surface area (Å²) in [5.74, 6) is 1.55. The molecule has 0 amide bonds. The summed E-state index contributed by atoms with van der Waals surface area (Å²) in [6.07, 6.45) is 3.53. The van der Waals surface area contributed by atoms with E-state index in [1.165, 1.54) is 0 Å². The van der Waals surface area contributed by atoms with Gasteiger partial charge in [0.25, 0.3) is 0 Å². The molecular formula is C13H23N3O. The van der Waals surface area contributed by atoms with E-state index in [4.69, 9.17) is 4.74 Å². The van der Waals surface area contributed by atoms with Gasteiger partial charge in [-0.25, -0.2) is 0 Å². The van der Waals surface area contributed by atoms with Gasteiger partial charge in [0.15, 0.2) is 0 Å². The standard InChI is InChI=1S/C13H23N3O/c1-11(2)8-15-6-7-16-9-12-4-5-14-10-13(12)17-3/h4-5,10-11,15-16H,6-9H2,1-3H3. The van der Waals surface area contributed by atoms with Gasteiger partial charge in [-0.1, -0.05) is 13.8 Å². The van der Waals surface area contributed by atoms with Crippen LogP contribution in [-0.2, 0) is 6.54 Å². The molecular weight excluding hydrogens is 214 g/mol. The number of nitrogens with one attached hydrogen (secondary N) is 2. The molecule has 0 saturated carbocycles. The minimum absolute atomic E-state index is 0.704. The van der Waals surface area contributed by atoms with Crippen LogP contribution in [0.4, 0.5) is 0 Å². The highest BCUT2D eigenvalue weighted by atomic mass is 16.5. The molecule has 1 aromatic heterocycles. The van der Waals surface area contributed by atoms with Crippen molar-refractivity contribution in [3.8, 4) is 5.75 Å². The fraction of sp³-hybridized carbons (Fsp3) is 0.615. The lowest BCUT2D eigenvalue weighted by Crippen LogP contribution is -2.29. The summed E-state index contributed by atoms with van der Waals surface area (Å²) in [7, 11) is 1.67. The maximum absolute atomic E-state index is 5.24. The van der Waals surface area contributed by atoms with Crippen molar-refractivity contribution >= 4 is 0 Å². The van der Waals surface area contributed by atoms with E-state index in [1.807, 2.05) is 6.07 Å². The third kappa shape index (κ3) is 5.65. The molecule has 0 spiro atoms. The Labute approximate surface area is 104 Å². The molecule has 0 aliphatic rings. The maximum atomic E-state index is 5.24. The van der Waals surface area contributed by atoms with Crippen molar-refractivity contribution in [3.05, 3.63) is 24.0 Å². The summed E-state index contributed by atoms with van der Waals surface area (Å²) in [5, 5.41) is 6.77. The monoisotopic (exact) mass is 237 g/mol. The van der Waals surface area contributed by atoms with Crippen LogP contribution in [0.5, 0.6) is 5.75 Å². The third-order valence-electron chi connectivity index (χ3n) is 2.44. The van der Waals surface area contributed by atoms with E-state index in [-0.39, 0.29) is 0 Å². The van der Waals surface area contributed by atoms with Gasteiger partial charge >= 0.3 is 0 Å². The Morgan fingerprint density at radius 3 is 2.76 bits per heavy atom. The molecule has 0 unspecified atom stereocenters. The molecule has 17 heavy (non-hydrogen) atoms. The highest BCUT2D eigenvalue weighted by Gasteiger charge is 2.00. The van der Waals surface area contributed by atoms with Crippen molar-refractivity contribution in [1.29, 1.82) is 0 Å². The molecule has 0 atom stereocenters. The van der Waals surface area contributed by atoms with Crippen molar-refractivity contribution < 1.29 is 4.74 Å². The number of hydrogen-bond acceptors (Lipinski definition) is 4. The largest absolute Gasteiger partial charge is 0.495 e. The molecule has 4 heteroatoms. The molecule has 0 radical (unpaired) electrons. The summed E-state index contributed by atoms with van der Waals surface area (Å²) in [6.45, 7) is 8.25. The van der Waals surface area contributed by atoms with Crippen LogP contribution >= 0.6 is 0 Å². The fourth-order valence-electron chi connectivity index (χ4n) is 1.53. The second kappa shape index (κ2) is 8.03. The van der Waals surface area contributed by atoms with Crippen LogP contribution in [0.15, 0.2) is 18.5 Å². The Morgan fingerprint density at radius 2 is 2.06 bits per heavy atom. The van der Waals surface area contributed by atoms with Gasteiger partial charge in [-0.2, -0.15) is 0 Å². The molecule has 0 bridgehead atoms. The summed E-state index contributed by atoms with van der Waals surface area (Å²) < 4.78 is 5.24. The van der Waals surface area contributed by atoms with Gasteiger partial charge in [0, 0.05) is 31.4 Å². The van der Waals surface area contributed by atoms with Gasteiger partial charge < -0.3 is 15.4 Å². The lowest BCUT2D eigenvalue weighted by atomic mass is 10.2. The minimum Gasteiger partial charge on any atom is -0.495 e. The number of methoxy groups -OCH3 is 1. The molecule has 1 aromatic rings. The molecule has 4 nitrogen and oxygen atoms in total. The Bertz CT molecular complexity index is 315. The fourth-order valence-corrected chi connectivity index (χ4v) is 1.53. The molecule has 1 rings (SSSR count). The summed E-state index contributed by atoms with van der Waals surface area (Å²) in [5.41, 5.74) is 1.14. The number of ether oxygens (including phenoxy) is 1. The van der Waals surface area contributed by atoms with Crippen LogP contribution in [0.3, 0.4) is 0 Å². The molecule has 1 heterocycles. The highest BCUT2D eigenvalue weighted by Crippen LogP contribution is 2.14. The van der Waals surface area contributed by atoms with Gasteiger partial charge in [-0.3, -0.25) is 4.98 Å². The Morgan fingerprint density at radius 1 is 1.29 bits per heavy atom. The summed E-state index contributed by atoms with van der Waals surface area (Å²) in [6, 6.07) is 1.98. The first-order valence-electron chi connectivity index (χ1n) is 6.12. The minimum atomic E-state index is 0.704. The lowest BCUT2D eigenvalue weighted by molar-refractivity contribution is 0.405. The van der Waals surface area contributed by atoms with Gasteiger partial charge in [0.05, 0.1) is 13.3 Å². The van der Waals surface area contributed by atoms with Crippen LogP contribution in [0.2, 0.25) is 0 Å². The highest BCUT2D eigenvalue weighted by molar-refractivity contribution is 5.29. The predicted octanol–water partition coefficient (Wildman–Crippen LogP) is 1.43. The van der Waals surface area contributed by atoms with E-state index >= 15 is 0 Å². The molecule has 2 N–H and O–H groups in total. The van der Waals surface area contributed by atoms with Crippen molar-refractivity contribution in [2.24, 2.45) is 5.92 Å². The molecule has 0 aliphatic heterocycles. The quantitative estimate of drug-likeness (QED) is 0.671. The van der Waals surface area contributed by atoms with Crippen LogP contribution in [0.25, 0.3) is 0 Å². The Kier molecular flexibility index (Phi) is 6.58. The van der Waals surface area contributed by atoms with E-state index in [9.17, 15) is 0 Å². The van der Waals surface area contributed by atoms with Gasteiger partial charge in [0.2, 0.25) is 0 Å². The molecule has 0 aromatic carbocycles. The average Bonchev–Trinajstić information content (AvgIpc) is 2.33. The van der Waals surface area contributed by atoms with E-state index < -0.39 is 0 Å². The van der Waals surface area contributed by atoms with Gasteiger partial charge in [-0.05, 0) is 18.5 Å². The normalized spacial score (nSPS) is 10.8. The van der Waals surface area contributed by atoms with Crippen molar-refractivity contribution in [2.75, 3.05) is 26.7 Å². The van der Waals surface area contributed by atoms with Crippen molar-refractivity contribution in [3.63, 3.8) is 0 Å². The molecule has 0 aliphatic carbocycles. The van der Waals surface area contributed by atoms with Crippen LogP contribution in [0.1, 0.15) is 19.4 Å². The van der Waals surface area contributed by atoms with Gasteiger partial charge in [-0.15, -0.1) is 0 Å². The van der Waals surface area contributed by atoms with E-state index in [0.29, 0.717) is 5.92 Å². The van der Waals surface area contributed by atoms with Crippen LogP contribution in [0, 0.1) is 5.92 Å². The smallest absolute Gasteiger partial charge is 0.141 e. The third-order valence-corrected chi connectivity index (χ3v) is 2.44. The SMILES string of the molecule is COc1cnccc1CNCCNCC(C)C. The molecule has 96 valence electrons. The van der Waals surface area contributed by atoms with E-state index in [1.54, 1.807) is 19.5 Å². The predicted molar refractivity (Wildman–Crippen MR) is 70.2 cm³/mol. The first-order valence-corrected chi connectivity index (χ1v) is 6.12. The number of nitrogens with zero attached hydrogens (tertiary/aromatic N) is 1. The van der Waals surface area contributed by atoms with Crippen LogP contribution < -0.4 is 15.4 Å².